The van der Waals surface area contributed by atoms with Gasteiger partial charge in [-0.25, -0.2) is 0 Å². The maximum atomic E-state index is 10.4. The Balaban J connectivity index is 3.13. The van der Waals surface area contributed by atoms with Crippen molar-refractivity contribution in [1.29, 1.82) is 0 Å². The predicted molar refractivity (Wildman–Crippen MR) is 52.8 cm³/mol. The third-order valence-electron chi connectivity index (χ3n) is 1.69. The van der Waals surface area contributed by atoms with Crippen molar-refractivity contribution >= 4 is 17.4 Å². The molecule has 0 heterocycles. The van der Waals surface area contributed by atoms with Gasteiger partial charge < -0.3 is 5.73 Å². The lowest BCUT2D eigenvalue weighted by molar-refractivity contribution is -0.385. The Bertz CT molecular complexity index is 328. The van der Waals surface area contributed by atoms with Gasteiger partial charge in [0, 0.05) is 23.6 Å². The predicted octanol–water partition coefficient (Wildman–Crippen LogP) is 1.78. The smallest absolute Gasteiger partial charge is 0.269 e. The summed E-state index contributed by atoms with van der Waals surface area (Å²) in [5, 5.41) is 10.4. The first-order chi connectivity index (χ1) is 6.19. The first-order valence-electron chi connectivity index (χ1n) is 3.70. The number of nitro benzene ring substituents is 1. The Hall–Kier alpha value is -1.07. The van der Waals surface area contributed by atoms with Gasteiger partial charge >= 0.3 is 0 Å². The van der Waals surface area contributed by atoms with Gasteiger partial charge in [-0.15, -0.1) is 11.8 Å². The molecule has 4 nitrogen and oxygen atoms in total. The van der Waals surface area contributed by atoms with Crippen molar-refractivity contribution < 1.29 is 4.92 Å². The zero-order valence-electron chi connectivity index (χ0n) is 7.19. The van der Waals surface area contributed by atoms with Crippen LogP contribution in [0.2, 0.25) is 0 Å². The van der Waals surface area contributed by atoms with Crippen molar-refractivity contribution in [1.82, 2.24) is 0 Å². The van der Waals surface area contributed by atoms with E-state index in [1.54, 1.807) is 6.07 Å². The normalized spacial score (nSPS) is 10.0. The van der Waals surface area contributed by atoms with Gasteiger partial charge in [-0.2, -0.15) is 0 Å². The minimum Gasteiger partial charge on any atom is -0.326 e. The Morgan fingerprint density at radius 1 is 1.62 bits per heavy atom. The van der Waals surface area contributed by atoms with Crippen molar-refractivity contribution in [3.63, 3.8) is 0 Å². The molecule has 1 aromatic carbocycles. The number of hydrogen-bond acceptors (Lipinski definition) is 4. The van der Waals surface area contributed by atoms with E-state index in [9.17, 15) is 10.1 Å². The van der Waals surface area contributed by atoms with Crippen LogP contribution in [0.15, 0.2) is 23.1 Å². The molecule has 0 saturated carbocycles. The number of hydrogen-bond donors (Lipinski definition) is 1. The van der Waals surface area contributed by atoms with Gasteiger partial charge in [0.25, 0.3) is 5.69 Å². The molecular formula is C8H10N2O2S. The number of benzene rings is 1. The highest BCUT2D eigenvalue weighted by atomic mass is 32.2. The van der Waals surface area contributed by atoms with Crippen molar-refractivity contribution in [3.8, 4) is 0 Å². The highest BCUT2D eigenvalue weighted by Gasteiger charge is 2.08. The number of nitro groups is 1. The number of nitrogens with zero attached hydrogens (tertiary/aromatic N) is 1. The van der Waals surface area contributed by atoms with E-state index >= 15 is 0 Å². The SMILES string of the molecule is CSc1ccc([N+](=O)[O-])cc1CN. The van der Waals surface area contributed by atoms with Crippen LogP contribution in [0.5, 0.6) is 0 Å². The van der Waals surface area contributed by atoms with Gasteiger partial charge in [-0.1, -0.05) is 0 Å². The van der Waals surface area contributed by atoms with Crippen molar-refractivity contribution in [3.05, 3.63) is 33.9 Å². The highest BCUT2D eigenvalue weighted by Crippen LogP contribution is 2.24. The van der Waals surface area contributed by atoms with Gasteiger partial charge in [0.2, 0.25) is 0 Å². The molecule has 0 amide bonds. The van der Waals surface area contributed by atoms with E-state index in [-0.39, 0.29) is 5.69 Å². The summed E-state index contributed by atoms with van der Waals surface area (Å²) in [6.07, 6.45) is 1.92. The van der Waals surface area contributed by atoms with Gasteiger partial charge in [0.05, 0.1) is 4.92 Å². The van der Waals surface area contributed by atoms with Crippen molar-refractivity contribution in [2.24, 2.45) is 5.73 Å². The summed E-state index contributed by atoms with van der Waals surface area (Å²) in [4.78, 5) is 11.0. The number of non-ortho nitro benzene ring substituents is 1. The lowest BCUT2D eigenvalue weighted by atomic mass is 10.2. The summed E-state index contributed by atoms with van der Waals surface area (Å²) < 4.78 is 0. The molecule has 0 aliphatic heterocycles. The maximum absolute atomic E-state index is 10.4. The van der Waals surface area contributed by atoms with Crippen LogP contribution >= 0.6 is 11.8 Å². The topological polar surface area (TPSA) is 69.2 Å². The van der Waals surface area contributed by atoms with Crippen LogP contribution in [0.25, 0.3) is 0 Å². The summed E-state index contributed by atoms with van der Waals surface area (Å²) >= 11 is 1.54. The third kappa shape index (κ3) is 2.19. The van der Waals surface area contributed by atoms with Crippen LogP contribution in [0.3, 0.4) is 0 Å². The summed E-state index contributed by atoms with van der Waals surface area (Å²) in [6, 6.07) is 4.74. The highest BCUT2D eigenvalue weighted by molar-refractivity contribution is 7.98. The molecule has 70 valence electrons. The second-order valence-electron chi connectivity index (χ2n) is 2.46. The molecule has 0 radical (unpaired) electrons. The number of rotatable bonds is 3. The molecule has 1 rings (SSSR count). The second kappa shape index (κ2) is 4.25. The molecule has 0 bridgehead atoms. The molecule has 13 heavy (non-hydrogen) atoms. The summed E-state index contributed by atoms with van der Waals surface area (Å²) in [5.41, 5.74) is 6.38. The monoisotopic (exact) mass is 198 g/mol. The quantitative estimate of drug-likeness (QED) is 0.456. The fourth-order valence-electron chi connectivity index (χ4n) is 1.04. The maximum Gasteiger partial charge on any atom is 0.269 e. The fourth-order valence-corrected chi connectivity index (χ4v) is 1.65. The van der Waals surface area contributed by atoms with E-state index < -0.39 is 4.92 Å². The van der Waals surface area contributed by atoms with E-state index in [1.807, 2.05) is 6.26 Å². The molecule has 0 unspecified atom stereocenters. The number of thioether (sulfide) groups is 1. The molecule has 0 saturated heterocycles. The lowest BCUT2D eigenvalue weighted by Gasteiger charge is -2.03. The Morgan fingerprint density at radius 3 is 2.77 bits per heavy atom. The Morgan fingerprint density at radius 2 is 2.31 bits per heavy atom. The molecule has 0 aliphatic rings. The van der Waals surface area contributed by atoms with Crippen LogP contribution in [-0.4, -0.2) is 11.2 Å². The van der Waals surface area contributed by atoms with Gasteiger partial charge in [0.15, 0.2) is 0 Å². The molecular weight excluding hydrogens is 188 g/mol. The number of nitrogens with two attached hydrogens (primary N) is 1. The molecule has 0 atom stereocenters. The first-order valence-corrected chi connectivity index (χ1v) is 4.93. The lowest BCUT2D eigenvalue weighted by Crippen LogP contribution is -1.99. The van der Waals surface area contributed by atoms with E-state index in [0.717, 1.165) is 10.5 Å². The largest absolute Gasteiger partial charge is 0.326 e. The van der Waals surface area contributed by atoms with E-state index in [0.29, 0.717) is 6.54 Å². The average molecular weight is 198 g/mol. The zero-order valence-corrected chi connectivity index (χ0v) is 8.00. The van der Waals surface area contributed by atoms with Crippen LogP contribution in [0.4, 0.5) is 5.69 Å². The standard InChI is InChI=1S/C8H10N2O2S/c1-13-8-3-2-7(10(11)12)4-6(8)5-9/h2-4H,5,9H2,1H3. The van der Waals surface area contributed by atoms with E-state index in [2.05, 4.69) is 0 Å². The van der Waals surface area contributed by atoms with Crippen LogP contribution in [-0.2, 0) is 6.54 Å². The Labute approximate surface area is 80.3 Å². The molecule has 0 fully saturated rings. The average Bonchev–Trinajstić information content (AvgIpc) is 2.16. The minimum atomic E-state index is -0.413. The van der Waals surface area contributed by atoms with Crippen LogP contribution < -0.4 is 5.73 Å². The minimum absolute atomic E-state index is 0.0956. The molecule has 1 aromatic rings. The van der Waals surface area contributed by atoms with Crippen LogP contribution in [0.1, 0.15) is 5.56 Å². The molecule has 0 aromatic heterocycles. The van der Waals surface area contributed by atoms with Crippen molar-refractivity contribution in [2.45, 2.75) is 11.4 Å². The second-order valence-corrected chi connectivity index (χ2v) is 3.31. The van der Waals surface area contributed by atoms with E-state index in [1.165, 1.54) is 23.9 Å². The first kappa shape index (κ1) is 10.0. The third-order valence-corrected chi connectivity index (χ3v) is 2.53. The molecule has 2 N–H and O–H groups in total. The summed E-state index contributed by atoms with van der Waals surface area (Å²) in [5.74, 6) is 0. The van der Waals surface area contributed by atoms with E-state index in [4.69, 9.17) is 5.73 Å². The molecule has 0 spiro atoms. The van der Waals surface area contributed by atoms with Gasteiger partial charge in [0.1, 0.15) is 0 Å². The van der Waals surface area contributed by atoms with Gasteiger partial charge in [-0.3, -0.25) is 10.1 Å². The van der Waals surface area contributed by atoms with Gasteiger partial charge in [-0.05, 0) is 17.9 Å². The zero-order chi connectivity index (χ0) is 9.84. The van der Waals surface area contributed by atoms with Crippen LogP contribution in [0, 0.1) is 10.1 Å². The summed E-state index contributed by atoms with van der Waals surface area (Å²) in [7, 11) is 0. The Kier molecular flexibility index (Phi) is 3.27. The fraction of sp³-hybridized carbons (Fsp3) is 0.250. The summed E-state index contributed by atoms with van der Waals surface area (Å²) in [6.45, 7) is 0.331. The van der Waals surface area contributed by atoms with Crippen molar-refractivity contribution in [2.75, 3.05) is 6.26 Å². The molecule has 5 heteroatoms. The molecule has 0 aliphatic carbocycles.